The fourth-order valence-corrected chi connectivity index (χ4v) is 4.12. The Kier molecular flexibility index (Phi) is 9.05. The molecule has 29 heavy (non-hydrogen) atoms. The van der Waals surface area contributed by atoms with Crippen LogP contribution in [0.2, 0.25) is 5.02 Å². The predicted octanol–water partition coefficient (Wildman–Crippen LogP) is 4.82. The minimum atomic E-state index is -0.567. The molecule has 1 N–H and O–H groups in total. The third kappa shape index (κ3) is 7.41. The molecule has 0 radical (unpaired) electrons. The summed E-state index contributed by atoms with van der Waals surface area (Å²) in [5, 5.41) is 3.51. The largest absolute Gasteiger partial charge is 0.352 e. The Morgan fingerprint density at radius 3 is 2.48 bits per heavy atom. The molecule has 1 atom stereocenters. The number of amides is 2. The van der Waals surface area contributed by atoms with Crippen molar-refractivity contribution in [2.45, 2.75) is 52.1 Å². The predicted molar refractivity (Wildman–Crippen MR) is 122 cm³/mol. The van der Waals surface area contributed by atoms with Crippen molar-refractivity contribution in [3.8, 4) is 0 Å². The maximum Gasteiger partial charge on any atom is 0.242 e. The highest BCUT2D eigenvalue weighted by molar-refractivity contribution is 7.99. The maximum atomic E-state index is 13.0. The van der Waals surface area contributed by atoms with E-state index in [0.717, 1.165) is 11.3 Å². The van der Waals surface area contributed by atoms with Crippen LogP contribution in [0.3, 0.4) is 0 Å². The van der Waals surface area contributed by atoms with Crippen LogP contribution in [0.25, 0.3) is 0 Å². The summed E-state index contributed by atoms with van der Waals surface area (Å²) in [5.41, 5.74) is 3.34. The Balaban J connectivity index is 2.09. The van der Waals surface area contributed by atoms with Crippen molar-refractivity contribution in [3.05, 3.63) is 70.2 Å². The Bertz CT molecular complexity index is 841. The average Bonchev–Trinajstić information content (AvgIpc) is 2.66. The molecule has 0 aromatic heterocycles. The van der Waals surface area contributed by atoms with Crippen LogP contribution >= 0.6 is 23.4 Å². The minimum Gasteiger partial charge on any atom is -0.352 e. The normalized spacial score (nSPS) is 11.9. The molecular weight excluding hydrogens is 404 g/mol. The van der Waals surface area contributed by atoms with Crippen LogP contribution in [0.15, 0.2) is 48.5 Å². The van der Waals surface area contributed by atoms with Gasteiger partial charge >= 0.3 is 0 Å². The second kappa shape index (κ2) is 11.3. The summed E-state index contributed by atoms with van der Waals surface area (Å²) in [6.45, 7) is 8.00. The molecule has 0 aliphatic carbocycles. The lowest BCUT2D eigenvalue weighted by Gasteiger charge is -2.29. The molecule has 0 bridgehead atoms. The van der Waals surface area contributed by atoms with E-state index in [4.69, 9.17) is 11.6 Å². The van der Waals surface area contributed by atoms with Gasteiger partial charge in [0.25, 0.3) is 0 Å². The van der Waals surface area contributed by atoms with Gasteiger partial charge in [-0.1, -0.05) is 48.0 Å². The highest BCUT2D eigenvalue weighted by Gasteiger charge is 2.26. The van der Waals surface area contributed by atoms with Crippen molar-refractivity contribution in [1.82, 2.24) is 10.2 Å². The molecule has 4 nitrogen and oxygen atoms in total. The van der Waals surface area contributed by atoms with Gasteiger partial charge in [0.15, 0.2) is 0 Å². The zero-order chi connectivity index (χ0) is 21.4. The number of carbonyl (C=O) groups is 2. The van der Waals surface area contributed by atoms with Gasteiger partial charge in [0.05, 0.1) is 5.75 Å². The van der Waals surface area contributed by atoms with E-state index in [1.807, 2.05) is 44.2 Å². The summed E-state index contributed by atoms with van der Waals surface area (Å²) < 4.78 is 0. The first-order chi connectivity index (χ1) is 13.8. The van der Waals surface area contributed by atoms with E-state index >= 15 is 0 Å². The Labute approximate surface area is 183 Å². The van der Waals surface area contributed by atoms with E-state index in [1.165, 1.54) is 11.1 Å². The molecule has 2 aromatic rings. The van der Waals surface area contributed by atoms with Crippen LogP contribution in [-0.4, -0.2) is 34.6 Å². The smallest absolute Gasteiger partial charge is 0.242 e. The molecule has 0 unspecified atom stereocenters. The van der Waals surface area contributed by atoms with Crippen molar-refractivity contribution in [3.63, 3.8) is 0 Å². The van der Waals surface area contributed by atoms with Crippen molar-refractivity contribution >= 4 is 35.2 Å². The number of nitrogens with zero attached hydrogens (tertiary/aromatic N) is 1. The van der Waals surface area contributed by atoms with Gasteiger partial charge in [0, 0.05) is 23.4 Å². The van der Waals surface area contributed by atoms with E-state index in [0.29, 0.717) is 17.3 Å². The van der Waals surface area contributed by atoms with Crippen LogP contribution < -0.4 is 5.32 Å². The number of nitrogens with one attached hydrogen (secondary N) is 1. The number of halogens is 1. The molecule has 6 heteroatoms. The van der Waals surface area contributed by atoms with Gasteiger partial charge < -0.3 is 10.2 Å². The van der Waals surface area contributed by atoms with Crippen molar-refractivity contribution in [1.29, 1.82) is 0 Å². The zero-order valence-electron chi connectivity index (χ0n) is 17.4. The number of hydrogen-bond donors (Lipinski definition) is 1. The lowest BCUT2D eigenvalue weighted by atomic mass is 10.1. The van der Waals surface area contributed by atoms with Gasteiger partial charge in [0.2, 0.25) is 11.8 Å². The molecule has 0 saturated heterocycles. The molecule has 0 saturated carbocycles. The number of rotatable bonds is 9. The molecule has 0 spiro atoms. The second-order valence-electron chi connectivity index (χ2n) is 7.41. The standard InChI is InChI=1S/C23H29ClN2O2S/c1-16(2)25-23(28)18(4)26(13-19-9-7-11-21(24)12-19)22(27)15-29-14-20-10-6-5-8-17(20)3/h5-12,16,18H,13-15H2,1-4H3,(H,25,28)/t18-/m0/s1. The summed E-state index contributed by atoms with van der Waals surface area (Å²) in [7, 11) is 0. The van der Waals surface area contributed by atoms with Crippen LogP contribution in [0.4, 0.5) is 0 Å². The van der Waals surface area contributed by atoms with Crippen LogP contribution in [0.5, 0.6) is 0 Å². The molecular formula is C23H29ClN2O2S. The number of benzene rings is 2. The summed E-state index contributed by atoms with van der Waals surface area (Å²) >= 11 is 7.66. The van der Waals surface area contributed by atoms with Gasteiger partial charge in [-0.05, 0) is 56.5 Å². The summed E-state index contributed by atoms with van der Waals surface area (Å²) in [4.78, 5) is 27.2. The fraction of sp³-hybridized carbons (Fsp3) is 0.391. The molecule has 2 rings (SSSR count). The van der Waals surface area contributed by atoms with Crippen molar-refractivity contribution in [2.24, 2.45) is 0 Å². The first-order valence-corrected chi connectivity index (χ1v) is 11.3. The van der Waals surface area contributed by atoms with Crippen LogP contribution in [0.1, 0.15) is 37.5 Å². The molecule has 2 aromatic carbocycles. The average molecular weight is 433 g/mol. The topological polar surface area (TPSA) is 49.4 Å². The van der Waals surface area contributed by atoms with E-state index in [-0.39, 0.29) is 17.9 Å². The highest BCUT2D eigenvalue weighted by atomic mass is 35.5. The van der Waals surface area contributed by atoms with Crippen molar-refractivity contribution < 1.29 is 9.59 Å². The summed E-state index contributed by atoms with van der Waals surface area (Å²) in [5.74, 6) is 0.860. The third-order valence-electron chi connectivity index (χ3n) is 4.58. The number of carbonyl (C=O) groups excluding carboxylic acids is 2. The lowest BCUT2D eigenvalue weighted by Crippen LogP contribution is -2.49. The lowest BCUT2D eigenvalue weighted by molar-refractivity contribution is -0.138. The molecule has 0 heterocycles. The number of hydrogen-bond acceptors (Lipinski definition) is 3. The second-order valence-corrected chi connectivity index (χ2v) is 8.83. The fourth-order valence-electron chi connectivity index (χ4n) is 2.92. The Morgan fingerprint density at radius 2 is 1.83 bits per heavy atom. The van der Waals surface area contributed by atoms with Gasteiger partial charge in [-0.2, -0.15) is 0 Å². The van der Waals surface area contributed by atoms with Crippen molar-refractivity contribution in [2.75, 3.05) is 5.75 Å². The summed E-state index contributed by atoms with van der Waals surface area (Å²) in [6, 6.07) is 15.0. The van der Waals surface area contributed by atoms with Crippen LogP contribution in [-0.2, 0) is 21.9 Å². The zero-order valence-corrected chi connectivity index (χ0v) is 19.0. The Hall–Kier alpha value is -1.98. The quantitative estimate of drug-likeness (QED) is 0.617. The van der Waals surface area contributed by atoms with Gasteiger partial charge in [0.1, 0.15) is 6.04 Å². The van der Waals surface area contributed by atoms with E-state index < -0.39 is 6.04 Å². The summed E-state index contributed by atoms with van der Waals surface area (Å²) in [6.07, 6.45) is 0. The monoisotopic (exact) mass is 432 g/mol. The van der Waals surface area contributed by atoms with E-state index in [9.17, 15) is 9.59 Å². The maximum absolute atomic E-state index is 13.0. The first kappa shape index (κ1) is 23.3. The molecule has 0 fully saturated rings. The van der Waals surface area contributed by atoms with Gasteiger partial charge in [-0.3, -0.25) is 9.59 Å². The molecule has 0 aliphatic rings. The molecule has 156 valence electrons. The first-order valence-electron chi connectivity index (χ1n) is 9.74. The molecule has 2 amide bonds. The number of aryl methyl sites for hydroxylation is 1. The third-order valence-corrected chi connectivity index (χ3v) is 5.79. The molecule has 0 aliphatic heterocycles. The van der Waals surface area contributed by atoms with E-state index in [2.05, 4.69) is 24.4 Å². The number of thioether (sulfide) groups is 1. The SMILES string of the molecule is Cc1ccccc1CSCC(=O)N(Cc1cccc(Cl)c1)[C@@H](C)C(=O)NC(C)C. The van der Waals surface area contributed by atoms with Crippen LogP contribution in [0, 0.1) is 6.92 Å². The Morgan fingerprint density at radius 1 is 1.10 bits per heavy atom. The van der Waals surface area contributed by atoms with Gasteiger partial charge in [-0.25, -0.2) is 0 Å². The van der Waals surface area contributed by atoms with Gasteiger partial charge in [-0.15, -0.1) is 11.8 Å². The minimum absolute atomic E-state index is 0.0171. The highest BCUT2D eigenvalue weighted by Crippen LogP contribution is 2.19. The van der Waals surface area contributed by atoms with E-state index in [1.54, 1.807) is 29.7 Å².